The van der Waals surface area contributed by atoms with E-state index in [4.69, 9.17) is 9.47 Å². The van der Waals surface area contributed by atoms with E-state index >= 15 is 0 Å². The Balaban J connectivity index is 1.64. The SMILES string of the molecule is CC(C)(C)OC(=O)N1CCC(=O)N2C[C@H](Oc3ccc(C(F)(F)F)cn3)C[C@H]2C1. The van der Waals surface area contributed by atoms with Gasteiger partial charge in [-0.05, 0) is 26.8 Å². The van der Waals surface area contributed by atoms with E-state index in [9.17, 15) is 22.8 Å². The van der Waals surface area contributed by atoms with Crippen LogP contribution in [0.2, 0.25) is 0 Å². The third-order valence-electron chi connectivity index (χ3n) is 4.73. The third-order valence-corrected chi connectivity index (χ3v) is 4.73. The van der Waals surface area contributed by atoms with Gasteiger partial charge in [0.15, 0.2) is 0 Å². The number of alkyl halides is 3. The number of hydrogen-bond acceptors (Lipinski definition) is 5. The molecule has 2 atom stereocenters. The summed E-state index contributed by atoms with van der Waals surface area (Å²) in [6, 6.07) is 1.84. The maximum Gasteiger partial charge on any atom is 0.417 e. The van der Waals surface area contributed by atoms with Gasteiger partial charge in [-0.3, -0.25) is 4.79 Å². The molecule has 3 rings (SSSR count). The second kappa shape index (κ2) is 7.72. The van der Waals surface area contributed by atoms with Gasteiger partial charge in [-0.25, -0.2) is 9.78 Å². The first kappa shape index (κ1) is 21.2. The second-order valence-electron chi connectivity index (χ2n) is 8.23. The molecule has 0 aliphatic carbocycles. The molecule has 2 aliphatic rings. The molecule has 2 aliphatic heterocycles. The molecule has 160 valence electrons. The van der Waals surface area contributed by atoms with Crippen molar-refractivity contribution in [1.82, 2.24) is 14.8 Å². The standard InChI is InChI=1S/C19H24F3N3O4/c1-18(2,3)29-17(27)24-7-6-16(26)25-11-14(8-13(25)10-24)28-15-5-4-12(9-23-15)19(20,21)22/h4-5,9,13-14H,6-8,10-11H2,1-3H3/t13-,14+/m0/s1. The van der Waals surface area contributed by atoms with Gasteiger partial charge in [-0.15, -0.1) is 0 Å². The molecule has 29 heavy (non-hydrogen) atoms. The van der Waals surface area contributed by atoms with Gasteiger partial charge in [0, 0.05) is 38.2 Å². The van der Waals surface area contributed by atoms with E-state index in [1.54, 1.807) is 25.7 Å². The van der Waals surface area contributed by atoms with Crippen LogP contribution in [0.5, 0.6) is 5.88 Å². The van der Waals surface area contributed by atoms with Gasteiger partial charge >= 0.3 is 12.3 Å². The zero-order chi connectivity index (χ0) is 21.4. The van der Waals surface area contributed by atoms with Crippen molar-refractivity contribution in [2.75, 3.05) is 19.6 Å². The number of pyridine rings is 1. The van der Waals surface area contributed by atoms with Crippen LogP contribution in [-0.4, -0.2) is 64.2 Å². The van der Waals surface area contributed by atoms with Crippen LogP contribution in [0, 0.1) is 0 Å². The van der Waals surface area contributed by atoms with Crippen LogP contribution < -0.4 is 4.74 Å². The van der Waals surface area contributed by atoms with Crippen molar-refractivity contribution < 1.29 is 32.2 Å². The van der Waals surface area contributed by atoms with Crippen molar-refractivity contribution in [2.24, 2.45) is 0 Å². The van der Waals surface area contributed by atoms with E-state index in [0.29, 0.717) is 19.5 Å². The van der Waals surface area contributed by atoms with E-state index in [1.807, 2.05) is 0 Å². The molecule has 0 unspecified atom stereocenters. The molecule has 1 aromatic rings. The highest BCUT2D eigenvalue weighted by molar-refractivity contribution is 5.79. The largest absolute Gasteiger partial charge is 0.472 e. The summed E-state index contributed by atoms with van der Waals surface area (Å²) in [5.74, 6) is -0.0235. The summed E-state index contributed by atoms with van der Waals surface area (Å²) in [6.45, 7) is 6.23. The molecule has 2 saturated heterocycles. The molecule has 3 heterocycles. The summed E-state index contributed by atoms with van der Waals surface area (Å²) in [6.07, 6.45) is -3.99. The van der Waals surface area contributed by atoms with Gasteiger partial charge in [0.2, 0.25) is 11.8 Å². The quantitative estimate of drug-likeness (QED) is 0.742. The Morgan fingerprint density at radius 3 is 2.52 bits per heavy atom. The number of fused-ring (bicyclic) bond motifs is 1. The fourth-order valence-corrected chi connectivity index (χ4v) is 3.44. The van der Waals surface area contributed by atoms with E-state index in [-0.39, 0.29) is 30.8 Å². The van der Waals surface area contributed by atoms with Gasteiger partial charge in [0.25, 0.3) is 0 Å². The van der Waals surface area contributed by atoms with E-state index in [2.05, 4.69) is 4.98 Å². The number of halogens is 3. The lowest BCUT2D eigenvalue weighted by Gasteiger charge is -2.28. The van der Waals surface area contributed by atoms with Crippen molar-refractivity contribution in [3.63, 3.8) is 0 Å². The molecule has 0 N–H and O–H groups in total. The zero-order valence-electron chi connectivity index (χ0n) is 16.5. The number of nitrogens with zero attached hydrogens (tertiary/aromatic N) is 3. The first-order valence-electron chi connectivity index (χ1n) is 9.40. The number of aromatic nitrogens is 1. The first-order valence-corrected chi connectivity index (χ1v) is 9.40. The maximum atomic E-state index is 12.6. The summed E-state index contributed by atoms with van der Waals surface area (Å²) in [4.78, 5) is 31.7. The van der Waals surface area contributed by atoms with Gasteiger partial charge in [0.05, 0.1) is 18.2 Å². The van der Waals surface area contributed by atoms with Crippen molar-refractivity contribution >= 4 is 12.0 Å². The Kier molecular flexibility index (Phi) is 5.64. The normalized spacial score (nSPS) is 22.9. The molecule has 10 heteroatoms. The van der Waals surface area contributed by atoms with Crippen LogP contribution in [0.25, 0.3) is 0 Å². The third kappa shape index (κ3) is 5.30. The van der Waals surface area contributed by atoms with Crippen LogP contribution in [0.1, 0.15) is 39.2 Å². The Bertz CT molecular complexity index is 761. The number of carbonyl (C=O) groups is 2. The number of rotatable bonds is 2. The molecule has 0 bridgehead atoms. The van der Waals surface area contributed by atoms with Gasteiger partial charge in [-0.2, -0.15) is 13.2 Å². The number of ether oxygens (including phenoxy) is 2. The summed E-state index contributed by atoms with van der Waals surface area (Å²) in [5, 5.41) is 0. The van der Waals surface area contributed by atoms with E-state index in [0.717, 1.165) is 12.3 Å². The molecule has 1 aromatic heterocycles. The van der Waals surface area contributed by atoms with Gasteiger partial charge in [0.1, 0.15) is 11.7 Å². The van der Waals surface area contributed by atoms with Crippen molar-refractivity contribution in [1.29, 1.82) is 0 Å². The number of hydrogen-bond donors (Lipinski definition) is 0. The topological polar surface area (TPSA) is 72.0 Å². The minimum atomic E-state index is -4.46. The molecular formula is C19H24F3N3O4. The van der Waals surface area contributed by atoms with Crippen molar-refractivity contribution in [2.45, 2.75) is 57.5 Å². The van der Waals surface area contributed by atoms with Gasteiger partial charge < -0.3 is 19.3 Å². The first-order chi connectivity index (χ1) is 13.4. The predicted octanol–water partition coefficient (Wildman–Crippen LogP) is 3.09. The molecule has 0 radical (unpaired) electrons. The Morgan fingerprint density at radius 2 is 1.93 bits per heavy atom. The lowest BCUT2D eigenvalue weighted by atomic mass is 10.2. The van der Waals surface area contributed by atoms with Crippen molar-refractivity contribution in [3.8, 4) is 5.88 Å². The number of carbonyl (C=O) groups excluding carboxylic acids is 2. The van der Waals surface area contributed by atoms with Crippen molar-refractivity contribution in [3.05, 3.63) is 23.9 Å². The Morgan fingerprint density at radius 1 is 1.21 bits per heavy atom. The Labute approximate surface area is 166 Å². The monoisotopic (exact) mass is 415 g/mol. The van der Waals surface area contributed by atoms with Crippen LogP contribution in [-0.2, 0) is 15.7 Å². The summed E-state index contributed by atoms with van der Waals surface area (Å²) < 4.78 is 49.0. The highest BCUT2D eigenvalue weighted by Crippen LogP contribution is 2.30. The van der Waals surface area contributed by atoms with Crippen LogP contribution >= 0.6 is 0 Å². The van der Waals surface area contributed by atoms with E-state index < -0.39 is 29.5 Å². The fraction of sp³-hybridized carbons (Fsp3) is 0.632. The molecule has 2 fully saturated rings. The second-order valence-corrected chi connectivity index (χ2v) is 8.23. The highest BCUT2D eigenvalue weighted by Gasteiger charge is 2.41. The predicted molar refractivity (Wildman–Crippen MR) is 96.2 cm³/mol. The Hall–Kier alpha value is -2.52. The molecule has 0 spiro atoms. The zero-order valence-corrected chi connectivity index (χ0v) is 16.5. The summed E-state index contributed by atoms with van der Waals surface area (Å²) >= 11 is 0. The lowest BCUT2D eigenvalue weighted by molar-refractivity contribution is -0.138. The van der Waals surface area contributed by atoms with Crippen LogP contribution in [0.4, 0.5) is 18.0 Å². The smallest absolute Gasteiger partial charge is 0.417 e. The summed E-state index contributed by atoms with van der Waals surface area (Å²) in [7, 11) is 0. The highest BCUT2D eigenvalue weighted by atomic mass is 19.4. The van der Waals surface area contributed by atoms with Crippen LogP contribution in [0.3, 0.4) is 0 Å². The minimum Gasteiger partial charge on any atom is -0.472 e. The average molecular weight is 415 g/mol. The fourth-order valence-electron chi connectivity index (χ4n) is 3.44. The molecule has 0 saturated carbocycles. The van der Waals surface area contributed by atoms with Gasteiger partial charge in [-0.1, -0.05) is 0 Å². The summed E-state index contributed by atoms with van der Waals surface area (Å²) in [5.41, 5.74) is -1.49. The molecular weight excluding hydrogens is 391 g/mol. The maximum absolute atomic E-state index is 12.6. The molecule has 7 nitrogen and oxygen atoms in total. The number of amides is 2. The van der Waals surface area contributed by atoms with E-state index in [1.165, 1.54) is 11.0 Å². The minimum absolute atomic E-state index is 0.0668. The molecule has 0 aromatic carbocycles. The lowest BCUT2D eigenvalue weighted by Crippen LogP contribution is -2.42. The average Bonchev–Trinajstić information content (AvgIpc) is 2.92. The van der Waals surface area contributed by atoms with Crippen LogP contribution in [0.15, 0.2) is 18.3 Å². The molecule has 2 amide bonds.